The van der Waals surface area contributed by atoms with Crippen LogP contribution >= 0.6 is 0 Å². The van der Waals surface area contributed by atoms with E-state index < -0.39 is 17.6 Å². The monoisotopic (exact) mass is 323 g/mol. The topological polar surface area (TPSA) is 29.1 Å². The first-order valence-electron chi connectivity index (χ1n) is 7.09. The average Bonchev–Trinajstić information content (AvgIpc) is 3.26. The lowest BCUT2D eigenvalue weighted by molar-refractivity contribution is -0.137. The summed E-state index contributed by atoms with van der Waals surface area (Å²) >= 11 is 0. The van der Waals surface area contributed by atoms with Gasteiger partial charge in [0.2, 0.25) is 0 Å². The number of rotatable bonds is 3. The van der Waals surface area contributed by atoms with Gasteiger partial charge in [-0.1, -0.05) is 24.3 Å². The molecule has 6 heteroatoms. The number of halogens is 4. The second kappa shape index (κ2) is 5.68. The predicted octanol–water partition coefficient (Wildman–Crippen LogP) is 4.13. The summed E-state index contributed by atoms with van der Waals surface area (Å²) in [6.07, 6.45) is -3.95. The van der Waals surface area contributed by atoms with Crippen molar-refractivity contribution in [3.63, 3.8) is 0 Å². The number of hydrogen-bond donors (Lipinski definition) is 1. The molecule has 0 heterocycles. The highest BCUT2D eigenvalue weighted by molar-refractivity contribution is 5.96. The van der Waals surface area contributed by atoms with E-state index in [9.17, 15) is 22.4 Å². The third-order valence-corrected chi connectivity index (χ3v) is 3.88. The molecule has 23 heavy (non-hydrogen) atoms. The van der Waals surface area contributed by atoms with Crippen LogP contribution in [0.4, 0.5) is 17.6 Å². The highest BCUT2D eigenvalue weighted by atomic mass is 19.4. The molecule has 1 aliphatic rings. The molecular formula is C17H13F4NO. The molecule has 2 nitrogen and oxygen atoms in total. The summed E-state index contributed by atoms with van der Waals surface area (Å²) in [7, 11) is 0. The van der Waals surface area contributed by atoms with Gasteiger partial charge in [0.1, 0.15) is 5.82 Å². The van der Waals surface area contributed by atoms with Gasteiger partial charge in [0.25, 0.3) is 5.91 Å². The number of amides is 1. The fourth-order valence-electron chi connectivity index (χ4n) is 2.61. The van der Waals surface area contributed by atoms with Crippen LogP contribution in [0.1, 0.15) is 33.8 Å². The third-order valence-electron chi connectivity index (χ3n) is 3.88. The molecular weight excluding hydrogens is 310 g/mol. The fraction of sp³-hybridized carbons (Fsp3) is 0.235. The van der Waals surface area contributed by atoms with Gasteiger partial charge in [-0.2, -0.15) is 13.2 Å². The molecule has 120 valence electrons. The lowest BCUT2D eigenvalue weighted by atomic mass is 10.1. The Morgan fingerprint density at radius 1 is 1.04 bits per heavy atom. The van der Waals surface area contributed by atoms with Gasteiger partial charge in [-0.15, -0.1) is 0 Å². The Kier molecular flexibility index (Phi) is 3.83. The van der Waals surface area contributed by atoms with Gasteiger partial charge in [-0.25, -0.2) is 4.39 Å². The lowest BCUT2D eigenvalue weighted by Gasteiger charge is -2.12. The minimum absolute atomic E-state index is 0.0117. The minimum atomic E-state index is -4.58. The Morgan fingerprint density at radius 3 is 2.35 bits per heavy atom. The second-order valence-electron chi connectivity index (χ2n) is 5.52. The standard InChI is InChI=1S/C17H13F4NO/c18-11-7-5-10(6-8-11)13-9-15(13)22-16(23)12-3-1-2-4-14(12)17(19,20)21/h1-8,13,15H,9H2,(H,22,23)/t13-,15-/m1/s1. The lowest BCUT2D eigenvalue weighted by Crippen LogP contribution is -2.28. The fourth-order valence-corrected chi connectivity index (χ4v) is 2.61. The highest BCUT2D eigenvalue weighted by Crippen LogP contribution is 2.41. The molecule has 0 unspecified atom stereocenters. The molecule has 0 spiro atoms. The van der Waals surface area contributed by atoms with Gasteiger partial charge >= 0.3 is 6.18 Å². The average molecular weight is 323 g/mol. The van der Waals surface area contributed by atoms with Gasteiger partial charge in [0.05, 0.1) is 11.1 Å². The van der Waals surface area contributed by atoms with Crippen molar-refractivity contribution < 1.29 is 22.4 Å². The van der Waals surface area contributed by atoms with E-state index in [4.69, 9.17) is 0 Å². The molecule has 2 aromatic carbocycles. The van der Waals surface area contributed by atoms with Gasteiger partial charge < -0.3 is 5.32 Å². The number of hydrogen-bond acceptors (Lipinski definition) is 1. The van der Waals surface area contributed by atoms with Crippen molar-refractivity contribution in [1.82, 2.24) is 5.32 Å². The molecule has 3 rings (SSSR count). The molecule has 0 radical (unpaired) electrons. The quantitative estimate of drug-likeness (QED) is 0.846. The Morgan fingerprint density at radius 2 is 1.70 bits per heavy atom. The molecule has 1 amide bonds. The van der Waals surface area contributed by atoms with Gasteiger partial charge in [-0.05, 0) is 36.2 Å². The van der Waals surface area contributed by atoms with E-state index in [0.717, 1.165) is 17.7 Å². The Bertz CT molecular complexity index is 724. The van der Waals surface area contributed by atoms with Crippen molar-refractivity contribution in [3.05, 3.63) is 71.0 Å². The summed E-state index contributed by atoms with van der Waals surface area (Å²) in [5, 5.41) is 2.61. The van der Waals surface area contributed by atoms with Crippen LogP contribution in [0, 0.1) is 5.82 Å². The highest BCUT2D eigenvalue weighted by Gasteiger charge is 2.41. The maximum absolute atomic E-state index is 12.9. The van der Waals surface area contributed by atoms with E-state index in [2.05, 4.69) is 5.32 Å². The number of carbonyl (C=O) groups is 1. The first-order valence-corrected chi connectivity index (χ1v) is 7.09. The molecule has 1 fully saturated rings. The Hall–Kier alpha value is -2.37. The smallest absolute Gasteiger partial charge is 0.349 e. The van der Waals surface area contributed by atoms with Crippen LogP contribution < -0.4 is 5.32 Å². The van der Waals surface area contributed by atoms with E-state index in [-0.39, 0.29) is 23.3 Å². The van der Waals surface area contributed by atoms with E-state index in [0.29, 0.717) is 6.42 Å². The van der Waals surface area contributed by atoms with Crippen LogP contribution in [0.5, 0.6) is 0 Å². The molecule has 1 N–H and O–H groups in total. The summed E-state index contributed by atoms with van der Waals surface area (Å²) in [5.74, 6) is -1.08. The number of nitrogens with one attached hydrogen (secondary N) is 1. The second-order valence-corrected chi connectivity index (χ2v) is 5.52. The zero-order chi connectivity index (χ0) is 16.6. The van der Waals surface area contributed by atoms with E-state index >= 15 is 0 Å². The van der Waals surface area contributed by atoms with Crippen LogP contribution in [0.3, 0.4) is 0 Å². The summed E-state index contributed by atoms with van der Waals surface area (Å²) in [5.41, 5.74) is -0.470. The number of alkyl halides is 3. The molecule has 0 aromatic heterocycles. The van der Waals surface area contributed by atoms with Gasteiger partial charge in [0, 0.05) is 12.0 Å². The van der Waals surface area contributed by atoms with E-state index in [1.807, 2.05) is 0 Å². The first kappa shape index (κ1) is 15.5. The van der Waals surface area contributed by atoms with Crippen LogP contribution in [0.15, 0.2) is 48.5 Å². The summed E-state index contributed by atoms with van der Waals surface area (Å²) in [6, 6.07) is 10.4. The molecule has 0 aliphatic heterocycles. The van der Waals surface area contributed by atoms with Crippen LogP contribution in [0.2, 0.25) is 0 Å². The molecule has 2 aromatic rings. The normalized spacial score (nSPS) is 20.2. The van der Waals surface area contributed by atoms with Crippen molar-refractivity contribution in [3.8, 4) is 0 Å². The molecule has 2 atom stereocenters. The molecule has 0 bridgehead atoms. The summed E-state index contributed by atoms with van der Waals surface area (Å²) in [6.45, 7) is 0. The van der Waals surface area contributed by atoms with E-state index in [1.165, 1.54) is 24.3 Å². The maximum Gasteiger partial charge on any atom is 0.417 e. The van der Waals surface area contributed by atoms with Crippen molar-refractivity contribution in [1.29, 1.82) is 0 Å². The zero-order valence-electron chi connectivity index (χ0n) is 11.9. The molecule has 1 aliphatic carbocycles. The van der Waals surface area contributed by atoms with Crippen LogP contribution in [-0.4, -0.2) is 11.9 Å². The maximum atomic E-state index is 12.9. The van der Waals surface area contributed by atoms with E-state index in [1.54, 1.807) is 12.1 Å². The Balaban J connectivity index is 1.71. The first-order chi connectivity index (χ1) is 10.9. The molecule has 1 saturated carbocycles. The van der Waals surface area contributed by atoms with Crippen molar-refractivity contribution in [2.24, 2.45) is 0 Å². The number of carbonyl (C=O) groups excluding carboxylic acids is 1. The summed E-state index contributed by atoms with van der Waals surface area (Å²) in [4.78, 5) is 12.1. The SMILES string of the molecule is O=C(N[C@@H]1C[C@@H]1c1ccc(F)cc1)c1ccccc1C(F)(F)F. The largest absolute Gasteiger partial charge is 0.417 e. The zero-order valence-corrected chi connectivity index (χ0v) is 11.9. The van der Waals surface area contributed by atoms with Crippen molar-refractivity contribution in [2.45, 2.75) is 24.6 Å². The predicted molar refractivity (Wildman–Crippen MR) is 76.5 cm³/mol. The van der Waals surface area contributed by atoms with Gasteiger partial charge in [-0.3, -0.25) is 4.79 Å². The summed E-state index contributed by atoms with van der Waals surface area (Å²) < 4.78 is 51.7. The number of benzene rings is 2. The third kappa shape index (κ3) is 3.36. The molecule has 0 saturated heterocycles. The Labute approximate surface area is 130 Å². The van der Waals surface area contributed by atoms with Crippen molar-refractivity contribution in [2.75, 3.05) is 0 Å². The van der Waals surface area contributed by atoms with Crippen molar-refractivity contribution >= 4 is 5.91 Å². The van der Waals surface area contributed by atoms with Crippen LogP contribution in [-0.2, 0) is 6.18 Å². The van der Waals surface area contributed by atoms with Gasteiger partial charge in [0.15, 0.2) is 0 Å². The van der Waals surface area contributed by atoms with Crippen LogP contribution in [0.25, 0.3) is 0 Å². The minimum Gasteiger partial charge on any atom is -0.349 e.